The summed E-state index contributed by atoms with van der Waals surface area (Å²) in [7, 11) is 0. The van der Waals surface area contributed by atoms with Gasteiger partial charge in [-0.1, -0.05) is 200 Å². The Morgan fingerprint density at radius 2 is 0.851 bits per heavy atom. The minimum Gasteiger partial charge on any atom is -0.366 e. The normalized spacial score (nSPS) is 12.5. The first kappa shape index (κ1) is 45.8. The van der Waals surface area contributed by atoms with Crippen molar-refractivity contribution in [2.45, 2.75) is 79.1 Å². The standard InChI is InChI=1S/C31H38N2.C30H20BN2.Au/c1-20(2)24-13-11-14-25(21(3)4)30(24)32-19-33(29-18-10-9-17-28(29)32)31-26(22(5)6)15-12-16-27(31)23(7)8;1-3-12-22(13-4-1)32-26-18-9-7-16-24(26)31-25-17-8-10-19-27(25)33(23-14-5-2-6-15-23)29-21-11-20-28(32)30(29)31;/h9-18,20-23H,1-8H3;1-10,12-21H;/q;-1;. The zero-order valence-electron chi connectivity index (χ0n) is 39.8. The quantitative estimate of drug-likeness (QED) is 0.0856. The van der Waals surface area contributed by atoms with E-state index in [1.54, 1.807) is 0 Å². The summed E-state index contributed by atoms with van der Waals surface area (Å²) in [6.45, 7) is 18.5. The molecule has 2 aliphatic rings. The van der Waals surface area contributed by atoms with E-state index in [1.807, 2.05) is 0 Å². The molecule has 3 heterocycles. The van der Waals surface area contributed by atoms with E-state index >= 15 is 0 Å². The summed E-state index contributed by atoms with van der Waals surface area (Å²) >= 11 is 0. The first-order valence-corrected chi connectivity index (χ1v) is 23.8. The first-order chi connectivity index (χ1) is 32.1. The molecule has 4 nitrogen and oxygen atoms in total. The third-order valence-electron chi connectivity index (χ3n) is 13.5. The first-order valence-electron chi connectivity index (χ1n) is 23.8. The molecule has 1 radical (unpaired) electrons. The molecule has 0 fully saturated rings. The van der Waals surface area contributed by atoms with Crippen LogP contribution in [0, 0.1) is 12.4 Å². The summed E-state index contributed by atoms with van der Waals surface area (Å²) in [6.07, 6.45) is 3.84. The van der Waals surface area contributed by atoms with E-state index in [9.17, 15) is 0 Å². The molecular formula is C61H58AuBN4-. The molecule has 67 heavy (non-hydrogen) atoms. The van der Waals surface area contributed by atoms with Crippen molar-refractivity contribution >= 4 is 68.3 Å². The van der Waals surface area contributed by atoms with Crippen LogP contribution in [0.1, 0.15) is 101 Å². The second-order valence-corrected chi connectivity index (χ2v) is 19.0. The van der Waals surface area contributed by atoms with Crippen molar-refractivity contribution in [1.82, 2.24) is 4.57 Å². The molecule has 2 aliphatic heterocycles. The Morgan fingerprint density at radius 3 is 1.33 bits per heavy atom. The number of anilines is 6. The Balaban J connectivity index is 0.000000165. The van der Waals surface area contributed by atoms with Gasteiger partial charge in [-0.05, 0) is 93.2 Å². The smallest absolute Gasteiger partial charge is 0.269 e. The third-order valence-corrected chi connectivity index (χ3v) is 13.5. The summed E-state index contributed by atoms with van der Waals surface area (Å²) in [6, 6.07) is 69.0. The average molecular weight is 1050 g/mol. The molecule has 0 aliphatic carbocycles. The zero-order valence-corrected chi connectivity index (χ0v) is 42.0. The average Bonchev–Trinajstić information content (AvgIpc) is 3.73. The van der Waals surface area contributed by atoms with E-state index < -0.39 is 0 Å². The zero-order chi connectivity index (χ0) is 45.6. The molecule has 0 amide bonds. The number of imidazole rings is 1. The van der Waals surface area contributed by atoms with Gasteiger partial charge in [-0.25, -0.2) is 0 Å². The number of aromatic nitrogens is 2. The maximum Gasteiger partial charge on any atom is 0.269 e. The Morgan fingerprint density at radius 1 is 0.433 bits per heavy atom. The summed E-state index contributed by atoms with van der Waals surface area (Å²) in [5.41, 5.74) is 21.6. The maximum absolute atomic E-state index is 3.84. The molecular weight excluding hydrogens is 996 g/mol. The SMILES string of the molecule is CC(C)c1cccc(C(C)C)c1-n1[c-][n+](-c2c(C(C)C)cccc2C(C)C)c2ccccc21.[Au].[c-]1cc2c3c(c1)N(c1ccccc1)c1ccccc1B3c1ccccc1N2c1ccccc1. The van der Waals surface area contributed by atoms with Gasteiger partial charge in [0, 0.05) is 45.1 Å². The summed E-state index contributed by atoms with van der Waals surface area (Å²) in [5.74, 6) is 1.71. The molecule has 9 aromatic rings. The van der Waals surface area contributed by atoms with E-state index in [-0.39, 0.29) is 29.1 Å². The topological polar surface area (TPSA) is 15.3 Å². The predicted octanol–water partition coefficient (Wildman–Crippen LogP) is 13.8. The molecule has 0 N–H and O–H groups in total. The molecule has 8 aromatic carbocycles. The van der Waals surface area contributed by atoms with Crippen LogP contribution in [0.2, 0.25) is 0 Å². The molecule has 0 unspecified atom stereocenters. The number of fused-ring (bicyclic) bond motifs is 5. The van der Waals surface area contributed by atoms with Crippen LogP contribution < -0.4 is 30.8 Å². The van der Waals surface area contributed by atoms with Gasteiger partial charge in [0.2, 0.25) is 6.71 Å². The largest absolute Gasteiger partial charge is 0.366 e. The molecule has 0 saturated heterocycles. The Kier molecular flexibility index (Phi) is 13.0. The summed E-state index contributed by atoms with van der Waals surface area (Å²) in [4.78, 5) is 4.77. The van der Waals surface area contributed by atoms with Crippen LogP contribution >= 0.6 is 0 Å². The molecule has 337 valence electrons. The fraction of sp³-hybridized carbons (Fsp3) is 0.197. The van der Waals surface area contributed by atoms with Gasteiger partial charge in [0.05, 0.1) is 22.4 Å². The number of para-hydroxylation sites is 8. The summed E-state index contributed by atoms with van der Waals surface area (Å²) in [5, 5.41) is 0. The van der Waals surface area contributed by atoms with Crippen LogP contribution in [-0.2, 0) is 22.4 Å². The van der Waals surface area contributed by atoms with Gasteiger partial charge in [0.25, 0.3) is 6.33 Å². The number of hydrogen-bond acceptors (Lipinski definition) is 2. The van der Waals surface area contributed by atoms with Crippen molar-refractivity contribution in [3.05, 3.63) is 217 Å². The predicted molar refractivity (Wildman–Crippen MR) is 279 cm³/mol. The van der Waals surface area contributed by atoms with Gasteiger partial charge >= 0.3 is 0 Å². The van der Waals surface area contributed by atoms with Crippen LogP contribution in [0.3, 0.4) is 0 Å². The van der Waals surface area contributed by atoms with Crippen LogP contribution in [-0.4, -0.2) is 11.3 Å². The van der Waals surface area contributed by atoms with Gasteiger partial charge < -0.3 is 9.80 Å². The van der Waals surface area contributed by atoms with Gasteiger partial charge in [-0.3, -0.25) is 9.13 Å². The second kappa shape index (κ2) is 19.1. The molecule has 0 atom stereocenters. The second-order valence-electron chi connectivity index (χ2n) is 19.0. The Bertz CT molecular complexity index is 2930. The van der Waals surface area contributed by atoms with Crippen molar-refractivity contribution in [3.8, 4) is 11.4 Å². The van der Waals surface area contributed by atoms with Gasteiger partial charge in [-0.15, -0.1) is 5.46 Å². The fourth-order valence-electron chi connectivity index (χ4n) is 10.4. The minimum atomic E-state index is 0. The van der Waals surface area contributed by atoms with Gasteiger partial charge in [0.1, 0.15) is 0 Å². The Hall–Kier alpha value is -6.36. The fourth-order valence-corrected chi connectivity index (χ4v) is 10.4. The monoisotopic (exact) mass is 1050 g/mol. The third kappa shape index (κ3) is 8.07. The summed E-state index contributed by atoms with van der Waals surface area (Å²) < 4.78 is 4.64. The van der Waals surface area contributed by atoms with Crippen molar-refractivity contribution in [3.63, 3.8) is 0 Å². The Labute approximate surface area is 414 Å². The van der Waals surface area contributed by atoms with E-state index in [0.717, 1.165) is 11.4 Å². The van der Waals surface area contributed by atoms with Crippen molar-refractivity contribution in [2.24, 2.45) is 0 Å². The van der Waals surface area contributed by atoms with Crippen LogP contribution in [0.25, 0.3) is 22.4 Å². The molecule has 0 saturated carbocycles. The number of benzene rings is 8. The van der Waals surface area contributed by atoms with E-state index in [0.29, 0.717) is 23.7 Å². The molecule has 1 aromatic heterocycles. The minimum absolute atomic E-state index is 0. The van der Waals surface area contributed by atoms with Gasteiger partial charge in [0.15, 0.2) is 0 Å². The van der Waals surface area contributed by atoms with Crippen LogP contribution in [0.5, 0.6) is 0 Å². The van der Waals surface area contributed by atoms with E-state index in [1.165, 1.54) is 83.8 Å². The maximum atomic E-state index is 3.84. The van der Waals surface area contributed by atoms with Gasteiger partial charge in [-0.2, -0.15) is 18.2 Å². The number of rotatable bonds is 8. The molecule has 0 spiro atoms. The van der Waals surface area contributed by atoms with Crippen LogP contribution in [0.15, 0.2) is 182 Å². The van der Waals surface area contributed by atoms with Crippen molar-refractivity contribution < 1.29 is 26.9 Å². The van der Waals surface area contributed by atoms with Crippen molar-refractivity contribution in [1.29, 1.82) is 0 Å². The van der Waals surface area contributed by atoms with E-state index in [4.69, 9.17) is 0 Å². The number of nitrogens with zero attached hydrogens (tertiary/aromatic N) is 4. The molecule has 0 bridgehead atoms. The van der Waals surface area contributed by atoms with Crippen molar-refractivity contribution in [2.75, 3.05) is 9.80 Å². The number of hydrogen-bond donors (Lipinski definition) is 0. The van der Waals surface area contributed by atoms with E-state index in [2.05, 4.69) is 269 Å². The molecule has 6 heteroatoms. The van der Waals surface area contributed by atoms with Crippen LogP contribution in [0.4, 0.5) is 34.1 Å². The molecule has 11 rings (SSSR count).